The highest BCUT2D eigenvalue weighted by atomic mass is 19.1. The Kier molecular flexibility index (Phi) is 4.77. The summed E-state index contributed by atoms with van der Waals surface area (Å²) in [5.41, 5.74) is 2.03. The molecule has 1 aliphatic carbocycles. The molecule has 1 amide bonds. The number of para-hydroxylation sites is 1. The van der Waals surface area contributed by atoms with E-state index in [1.807, 2.05) is 38.1 Å². The molecule has 0 bridgehead atoms. The van der Waals surface area contributed by atoms with Gasteiger partial charge in [0.15, 0.2) is 5.78 Å². The summed E-state index contributed by atoms with van der Waals surface area (Å²) in [6, 6.07) is 13.7. The first kappa shape index (κ1) is 19.4. The molecule has 4 rings (SSSR count). The van der Waals surface area contributed by atoms with Crippen LogP contribution in [-0.2, 0) is 9.59 Å². The molecule has 0 N–H and O–H groups in total. The molecule has 1 atom stereocenters. The van der Waals surface area contributed by atoms with Crippen LogP contribution in [0.15, 0.2) is 59.8 Å². The predicted octanol–water partition coefficient (Wildman–Crippen LogP) is 5.00. The fraction of sp³-hybridized carbons (Fsp3) is 0.333. The van der Waals surface area contributed by atoms with Crippen molar-refractivity contribution in [3.63, 3.8) is 0 Å². The third-order valence-electron chi connectivity index (χ3n) is 5.73. The minimum atomic E-state index is -0.469. The second-order valence-electron chi connectivity index (χ2n) is 8.52. The zero-order chi connectivity index (χ0) is 20.8. The average molecular weight is 393 g/mol. The summed E-state index contributed by atoms with van der Waals surface area (Å²) in [4.78, 5) is 27.9. The Balaban J connectivity index is 1.91. The molecule has 1 unspecified atom stereocenters. The molecule has 2 aromatic rings. The topological polar surface area (TPSA) is 46.6 Å². The number of halogens is 1. The van der Waals surface area contributed by atoms with Crippen molar-refractivity contribution < 1.29 is 18.7 Å². The van der Waals surface area contributed by atoms with Gasteiger partial charge in [0.1, 0.15) is 11.6 Å². The minimum absolute atomic E-state index is 0.0258. The lowest BCUT2D eigenvalue weighted by atomic mass is 9.69. The van der Waals surface area contributed by atoms with Crippen molar-refractivity contribution in [1.29, 1.82) is 0 Å². The van der Waals surface area contributed by atoms with Crippen LogP contribution in [0.4, 0.5) is 10.1 Å². The number of allylic oxidation sites excluding steroid dienone is 2. The Bertz CT molecular complexity index is 1020. The second-order valence-corrected chi connectivity index (χ2v) is 8.52. The summed E-state index contributed by atoms with van der Waals surface area (Å²) >= 11 is 0. The molecule has 150 valence electrons. The number of amides is 1. The molecule has 0 fully saturated rings. The van der Waals surface area contributed by atoms with Crippen LogP contribution in [0.2, 0.25) is 0 Å². The lowest BCUT2D eigenvalue weighted by Gasteiger charge is -2.43. The van der Waals surface area contributed by atoms with E-state index < -0.39 is 5.82 Å². The zero-order valence-electron chi connectivity index (χ0n) is 16.9. The molecule has 1 heterocycles. The highest BCUT2D eigenvalue weighted by molar-refractivity contribution is 6.07. The standard InChI is InChI=1S/C24H24FNO3/c1-24(2)13-20-23(21(27)14-24)17(15-7-6-8-16(11-15)29-3)12-22(28)26(20)19-10-5-4-9-18(19)25/h4-11,17H,12-14H2,1-3H3. The summed E-state index contributed by atoms with van der Waals surface area (Å²) in [5.74, 6) is -0.315. The van der Waals surface area contributed by atoms with Crippen LogP contribution >= 0.6 is 0 Å². The fourth-order valence-electron chi connectivity index (χ4n) is 4.47. The van der Waals surface area contributed by atoms with Gasteiger partial charge in [0, 0.05) is 30.0 Å². The number of hydrogen-bond donors (Lipinski definition) is 0. The monoisotopic (exact) mass is 393 g/mol. The summed E-state index contributed by atoms with van der Waals surface area (Å²) < 4.78 is 19.9. The molecular weight excluding hydrogens is 369 g/mol. The molecule has 2 aliphatic rings. The number of ether oxygens (including phenoxy) is 1. The van der Waals surface area contributed by atoms with E-state index in [-0.39, 0.29) is 35.1 Å². The van der Waals surface area contributed by atoms with Crippen LogP contribution in [0, 0.1) is 11.2 Å². The number of Topliss-reactive ketones (excluding diaryl/α,β-unsaturated/α-hetero) is 1. The van der Waals surface area contributed by atoms with Crippen molar-refractivity contribution in [2.75, 3.05) is 12.0 Å². The fourth-order valence-corrected chi connectivity index (χ4v) is 4.47. The zero-order valence-corrected chi connectivity index (χ0v) is 16.9. The van der Waals surface area contributed by atoms with Crippen molar-refractivity contribution >= 4 is 17.4 Å². The van der Waals surface area contributed by atoms with Crippen molar-refractivity contribution in [1.82, 2.24) is 0 Å². The van der Waals surface area contributed by atoms with Gasteiger partial charge >= 0.3 is 0 Å². The lowest BCUT2D eigenvalue weighted by Crippen LogP contribution is -2.44. The maximum Gasteiger partial charge on any atom is 0.232 e. The number of nitrogens with zero attached hydrogens (tertiary/aromatic N) is 1. The van der Waals surface area contributed by atoms with Crippen molar-refractivity contribution in [2.24, 2.45) is 5.41 Å². The van der Waals surface area contributed by atoms with Gasteiger partial charge in [-0.1, -0.05) is 38.1 Å². The van der Waals surface area contributed by atoms with E-state index in [4.69, 9.17) is 4.74 Å². The summed E-state index contributed by atoms with van der Waals surface area (Å²) in [7, 11) is 1.59. The Labute approximate surface area is 170 Å². The first-order valence-electron chi connectivity index (χ1n) is 9.78. The molecule has 0 radical (unpaired) electrons. The van der Waals surface area contributed by atoms with E-state index in [0.29, 0.717) is 29.9 Å². The maximum atomic E-state index is 14.6. The second kappa shape index (κ2) is 7.14. The number of methoxy groups -OCH3 is 1. The Hall–Kier alpha value is -2.95. The van der Waals surface area contributed by atoms with Crippen LogP contribution in [0.25, 0.3) is 0 Å². The minimum Gasteiger partial charge on any atom is -0.497 e. The van der Waals surface area contributed by atoms with Gasteiger partial charge in [-0.05, 0) is 41.7 Å². The summed E-state index contributed by atoms with van der Waals surface area (Å²) in [6.45, 7) is 4.02. The smallest absolute Gasteiger partial charge is 0.232 e. The van der Waals surface area contributed by atoms with Crippen LogP contribution in [0.3, 0.4) is 0 Å². The van der Waals surface area contributed by atoms with Crippen molar-refractivity contribution in [2.45, 2.75) is 39.0 Å². The van der Waals surface area contributed by atoms with Gasteiger partial charge in [-0.3, -0.25) is 14.5 Å². The molecule has 0 aromatic heterocycles. The summed E-state index contributed by atoms with van der Waals surface area (Å²) in [5, 5.41) is 0. The molecule has 0 saturated carbocycles. The molecule has 4 nitrogen and oxygen atoms in total. The van der Waals surface area contributed by atoms with Gasteiger partial charge in [0.25, 0.3) is 0 Å². The normalized spacial score (nSPS) is 21.2. The van der Waals surface area contributed by atoms with Gasteiger partial charge in [-0.25, -0.2) is 4.39 Å². The Morgan fingerprint density at radius 1 is 1.07 bits per heavy atom. The van der Waals surface area contributed by atoms with Crippen LogP contribution in [0.1, 0.15) is 44.6 Å². The number of ketones is 1. The molecule has 5 heteroatoms. The number of hydrogen-bond acceptors (Lipinski definition) is 3. The van der Waals surface area contributed by atoms with Crippen LogP contribution in [0.5, 0.6) is 5.75 Å². The van der Waals surface area contributed by atoms with E-state index >= 15 is 0 Å². The predicted molar refractivity (Wildman–Crippen MR) is 109 cm³/mol. The largest absolute Gasteiger partial charge is 0.497 e. The van der Waals surface area contributed by atoms with Gasteiger partial charge in [0.2, 0.25) is 5.91 Å². The van der Waals surface area contributed by atoms with E-state index in [2.05, 4.69) is 0 Å². The Morgan fingerprint density at radius 2 is 1.83 bits per heavy atom. The van der Waals surface area contributed by atoms with Crippen molar-refractivity contribution in [3.8, 4) is 5.75 Å². The third kappa shape index (κ3) is 3.46. The number of carbonyl (C=O) groups is 2. The molecular formula is C24H24FNO3. The highest BCUT2D eigenvalue weighted by Crippen LogP contribution is 2.48. The number of benzene rings is 2. The third-order valence-corrected chi connectivity index (χ3v) is 5.73. The Morgan fingerprint density at radius 3 is 2.55 bits per heavy atom. The van der Waals surface area contributed by atoms with Gasteiger partial charge in [0.05, 0.1) is 12.8 Å². The lowest BCUT2D eigenvalue weighted by molar-refractivity contribution is -0.121. The van der Waals surface area contributed by atoms with Crippen LogP contribution in [-0.4, -0.2) is 18.8 Å². The van der Waals surface area contributed by atoms with E-state index in [9.17, 15) is 14.0 Å². The van der Waals surface area contributed by atoms with Crippen molar-refractivity contribution in [3.05, 3.63) is 71.2 Å². The van der Waals surface area contributed by atoms with Gasteiger partial charge in [-0.2, -0.15) is 0 Å². The SMILES string of the molecule is COc1cccc(C2CC(=O)N(c3ccccc3F)C3=C2C(=O)CC(C)(C)C3)c1. The summed E-state index contributed by atoms with van der Waals surface area (Å²) in [6.07, 6.45) is 1.06. The maximum absolute atomic E-state index is 14.6. The molecule has 1 aliphatic heterocycles. The number of carbonyl (C=O) groups excluding carboxylic acids is 2. The van der Waals surface area contributed by atoms with Gasteiger partial charge < -0.3 is 4.74 Å². The molecule has 0 spiro atoms. The van der Waals surface area contributed by atoms with E-state index in [1.165, 1.54) is 11.0 Å². The first-order chi connectivity index (χ1) is 13.8. The van der Waals surface area contributed by atoms with Crippen LogP contribution < -0.4 is 9.64 Å². The number of rotatable bonds is 3. The molecule has 29 heavy (non-hydrogen) atoms. The van der Waals surface area contributed by atoms with E-state index in [0.717, 1.165) is 5.56 Å². The van der Waals surface area contributed by atoms with Gasteiger partial charge in [-0.15, -0.1) is 0 Å². The molecule has 2 aromatic carbocycles. The molecule has 0 saturated heterocycles. The first-order valence-corrected chi connectivity index (χ1v) is 9.78. The average Bonchev–Trinajstić information content (AvgIpc) is 2.67. The quantitative estimate of drug-likeness (QED) is 0.737. The number of anilines is 1. The highest BCUT2D eigenvalue weighted by Gasteiger charge is 2.44. The van der Waals surface area contributed by atoms with E-state index in [1.54, 1.807) is 25.3 Å².